The maximum atomic E-state index is 13.3. The highest BCUT2D eigenvalue weighted by molar-refractivity contribution is 7.97. The fourth-order valence-electron chi connectivity index (χ4n) is 4.93. The zero-order valence-electron chi connectivity index (χ0n) is 22.3. The number of carbonyl (C=O) groups excluding carboxylic acids is 1. The molecule has 1 fully saturated rings. The third kappa shape index (κ3) is 5.95. The molecule has 1 aliphatic heterocycles. The van der Waals surface area contributed by atoms with Crippen molar-refractivity contribution in [2.24, 2.45) is 0 Å². The van der Waals surface area contributed by atoms with Crippen LogP contribution in [0, 0.1) is 0 Å². The molecule has 3 aromatic rings. The lowest BCUT2D eigenvalue weighted by atomic mass is 9.79. The van der Waals surface area contributed by atoms with Crippen LogP contribution in [0.5, 0.6) is 0 Å². The van der Waals surface area contributed by atoms with Crippen LogP contribution in [0.15, 0.2) is 65.7 Å². The molecule has 2 heterocycles. The number of carbonyl (C=O) groups is 1. The Morgan fingerprint density at radius 3 is 2.33 bits per heavy atom. The van der Waals surface area contributed by atoms with E-state index in [0.29, 0.717) is 19.6 Å². The highest BCUT2D eigenvalue weighted by Gasteiger charge is 2.40. The molecule has 36 heavy (non-hydrogen) atoms. The standard InChI is InChI=1S/C29H39N5OS/c1-20(2)34-19-26(27(32-34)29(3,4)5)25-18-33(17-24(25)22-10-8-7-9-11-22)28(35)31-16-21-12-14-23(15-13-21)36-30-6/h7-15,19-20,24-25,30H,16-18H2,1-6H3,(H,31,35). The molecular weight excluding hydrogens is 466 g/mol. The Morgan fingerprint density at radius 2 is 1.72 bits per heavy atom. The molecule has 2 unspecified atom stereocenters. The first-order valence-corrected chi connectivity index (χ1v) is 13.6. The van der Waals surface area contributed by atoms with E-state index in [1.54, 1.807) is 11.9 Å². The molecule has 6 nitrogen and oxygen atoms in total. The highest BCUT2D eigenvalue weighted by Crippen LogP contribution is 2.43. The first kappa shape index (κ1) is 26.3. The quantitative estimate of drug-likeness (QED) is 0.382. The summed E-state index contributed by atoms with van der Waals surface area (Å²) in [6, 6.07) is 19.2. The Morgan fingerprint density at radius 1 is 1.06 bits per heavy atom. The summed E-state index contributed by atoms with van der Waals surface area (Å²) in [5, 5.41) is 8.16. The largest absolute Gasteiger partial charge is 0.334 e. The molecule has 2 amide bonds. The van der Waals surface area contributed by atoms with E-state index in [4.69, 9.17) is 5.10 Å². The van der Waals surface area contributed by atoms with E-state index in [-0.39, 0.29) is 29.3 Å². The van der Waals surface area contributed by atoms with E-state index < -0.39 is 0 Å². The smallest absolute Gasteiger partial charge is 0.317 e. The number of nitrogens with zero attached hydrogens (tertiary/aromatic N) is 3. The van der Waals surface area contributed by atoms with Crippen molar-refractivity contribution >= 4 is 18.0 Å². The molecule has 0 bridgehead atoms. The van der Waals surface area contributed by atoms with E-state index >= 15 is 0 Å². The van der Waals surface area contributed by atoms with E-state index in [1.165, 1.54) is 11.1 Å². The molecule has 4 rings (SSSR count). The molecule has 192 valence electrons. The van der Waals surface area contributed by atoms with Crippen LogP contribution in [0.2, 0.25) is 0 Å². The number of urea groups is 1. The van der Waals surface area contributed by atoms with E-state index in [2.05, 4.69) is 110 Å². The van der Waals surface area contributed by atoms with Crippen molar-refractivity contribution in [1.29, 1.82) is 0 Å². The van der Waals surface area contributed by atoms with E-state index in [0.717, 1.165) is 16.2 Å². The number of likely N-dealkylation sites (tertiary alicyclic amines) is 1. The van der Waals surface area contributed by atoms with Gasteiger partial charge in [-0.25, -0.2) is 4.79 Å². The lowest BCUT2D eigenvalue weighted by Gasteiger charge is -2.23. The molecular formula is C29H39N5OS. The normalized spacial score (nSPS) is 18.1. The summed E-state index contributed by atoms with van der Waals surface area (Å²) >= 11 is 1.58. The van der Waals surface area contributed by atoms with Crippen LogP contribution >= 0.6 is 11.9 Å². The van der Waals surface area contributed by atoms with Crippen LogP contribution in [-0.4, -0.2) is 40.8 Å². The van der Waals surface area contributed by atoms with Crippen LogP contribution < -0.4 is 10.0 Å². The van der Waals surface area contributed by atoms with Crippen molar-refractivity contribution in [3.8, 4) is 0 Å². The summed E-state index contributed by atoms with van der Waals surface area (Å²) in [6.07, 6.45) is 2.22. The summed E-state index contributed by atoms with van der Waals surface area (Å²) in [4.78, 5) is 16.4. The van der Waals surface area contributed by atoms with E-state index in [9.17, 15) is 4.79 Å². The average Bonchev–Trinajstić information content (AvgIpc) is 3.49. The van der Waals surface area contributed by atoms with Crippen LogP contribution in [0.4, 0.5) is 4.79 Å². The van der Waals surface area contributed by atoms with Gasteiger partial charge in [-0.2, -0.15) is 5.10 Å². The summed E-state index contributed by atoms with van der Waals surface area (Å²) in [5.41, 5.74) is 4.67. The lowest BCUT2D eigenvalue weighted by Crippen LogP contribution is -2.38. The molecule has 1 saturated heterocycles. The summed E-state index contributed by atoms with van der Waals surface area (Å²) in [7, 11) is 1.91. The summed E-state index contributed by atoms with van der Waals surface area (Å²) in [5.74, 6) is 0.415. The van der Waals surface area contributed by atoms with Gasteiger partial charge in [-0.3, -0.25) is 9.40 Å². The fraction of sp³-hybridized carbons (Fsp3) is 0.448. The maximum absolute atomic E-state index is 13.3. The number of hydrogen-bond acceptors (Lipinski definition) is 4. The minimum Gasteiger partial charge on any atom is -0.334 e. The SMILES string of the molecule is CNSc1ccc(CNC(=O)N2CC(c3ccccc3)C(c3cn(C(C)C)nc3C(C)(C)C)C2)cc1. The first-order valence-electron chi connectivity index (χ1n) is 12.8. The Hall–Kier alpha value is -2.77. The second kappa shape index (κ2) is 11.1. The predicted molar refractivity (Wildman–Crippen MR) is 148 cm³/mol. The van der Waals surface area contributed by atoms with Crippen LogP contribution in [-0.2, 0) is 12.0 Å². The summed E-state index contributed by atoms with van der Waals surface area (Å²) in [6.45, 7) is 12.9. The van der Waals surface area contributed by atoms with Crippen molar-refractivity contribution in [3.63, 3.8) is 0 Å². The molecule has 2 N–H and O–H groups in total. The topological polar surface area (TPSA) is 62.2 Å². The molecule has 0 aliphatic carbocycles. The van der Waals surface area contributed by atoms with E-state index in [1.807, 2.05) is 11.9 Å². The minimum atomic E-state index is -0.0792. The van der Waals surface area contributed by atoms with Crippen molar-refractivity contribution in [3.05, 3.63) is 83.2 Å². The predicted octanol–water partition coefficient (Wildman–Crippen LogP) is 6.08. The lowest BCUT2D eigenvalue weighted by molar-refractivity contribution is 0.207. The van der Waals surface area contributed by atoms with Gasteiger partial charge in [-0.05, 0) is 61.7 Å². The monoisotopic (exact) mass is 505 g/mol. The Balaban J connectivity index is 1.57. The molecule has 1 aromatic heterocycles. The molecule has 0 spiro atoms. The average molecular weight is 506 g/mol. The van der Waals surface area contributed by atoms with Gasteiger partial charge >= 0.3 is 6.03 Å². The third-order valence-corrected chi connectivity index (χ3v) is 7.53. The number of amides is 2. The van der Waals surface area contributed by atoms with Crippen LogP contribution in [0.1, 0.15) is 74.9 Å². The van der Waals surface area contributed by atoms with Gasteiger partial charge in [-0.1, -0.05) is 63.2 Å². The molecule has 2 atom stereocenters. The Kier molecular flexibility index (Phi) is 8.10. The van der Waals surface area contributed by atoms with Gasteiger partial charge in [0.15, 0.2) is 0 Å². The number of nitrogens with one attached hydrogen (secondary N) is 2. The first-order chi connectivity index (χ1) is 17.2. The molecule has 0 radical (unpaired) electrons. The number of rotatable bonds is 7. The second-order valence-electron chi connectivity index (χ2n) is 10.9. The zero-order chi connectivity index (χ0) is 25.9. The van der Waals surface area contributed by atoms with Crippen molar-refractivity contribution in [2.75, 3.05) is 20.1 Å². The Bertz CT molecular complexity index is 1150. The van der Waals surface area contributed by atoms with Gasteiger partial charge < -0.3 is 10.2 Å². The third-order valence-electron chi connectivity index (χ3n) is 6.82. The highest BCUT2D eigenvalue weighted by atomic mass is 32.2. The van der Waals surface area contributed by atoms with Crippen molar-refractivity contribution in [2.45, 2.75) is 69.4 Å². The summed E-state index contributed by atoms with van der Waals surface area (Å²) < 4.78 is 5.16. The molecule has 2 aromatic carbocycles. The zero-order valence-corrected chi connectivity index (χ0v) is 23.1. The van der Waals surface area contributed by atoms with Crippen molar-refractivity contribution < 1.29 is 4.79 Å². The minimum absolute atomic E-state index is 0.0133. The number of aromatic nitrogens is 2. The van der Waals surface area contributed by atoms with Gasteiger partial charge in [0.25, 0.3) is 0 Å². The van der Waals surface area contributed by atoms with Gasteiger partial charge in [-0.15, -0.1) is 0 Å². The van der Waals surface area contributed by atoms with Gasteiger partial charge in [0.05, 0.1) is 5.69 Å². The maximum Gasteiger partial charge on any atom is 0.317 e. The molecule has 0 saturated carbocycles. The van der Waals surface area contributed by atoms with Gasteiger partial charge in [0.1, 0.15) is 0 Å². The number of benzene rings is 2. The van der Waals surface area contributed by atoms with Crippen molar-refractivity contribution in [1.82, 2.24) is 24.7 Å². The van der Waals surface area contributed by atoms with Gasteiger partial charge in [0.2, 0.25) is 0 Å². The van der Waals surface area contributed by atoms with Crippen LogP contribution in [0.3, 0.4) is 0 Å². The molecule has 1 aliphatic rings. The van der Waals surface area contributed by atoms with Gasteiger partial charge in [0, 0.05) is 54.0 Å². The second-order valence-corrected chi connectivity index (χ2v) is 12.0. The Labute approximate surface area is 220 Å². The fourth-order valence-corrected chi connectivity index (χ4v) is 5.44. The van der Waals surface area contributed by atoms with Crippen LogP contribution in [0.25, 0.3) is 0 Å². The number of hydrogen-bond donors (Lipinski definition) is 2. The molecule has 7 heteroatoms.